The lowest BCUT2D eigenvalue weighted by molar-refractivity contribution is -0.135. The van der Waals surface area contributed by atoms with E-state index in [0.717, 1.165) is 16.7 Å². The van der Waals surface area contributed by atoms with E-state index in [1.54, 1.807) is 26.3 Å². The zero-order chi connectivity index (χ0) is 25.5. The van der Waals surface area contributed by atoms with Crippen molar-refractivity contribution in [1.29, 1.82) is 0 Å². The minimum absolute atomic E-state index is 0.000811. The van der Waals surface area contributed by atoms with Gasteiger partial charge in [0.25, 0.3) is 5.91 Å². The lowest BCUT2D eigenvalue weighted by Crippen LogP contribution is -2.47. The Morgan fingerprint density at radius 2 is 1.64 bits per heavy atom. The Balaban J connectivity index is 1.65. The molecule has 0 bridgehead atoms. The second kappa shape index (κ2) is 10.9. The molecular weight excluding hydrogens is 458 g/mol. The van der Waals surface area contributed by atoms with Crippen molar-refractivity contribution in [2.45, 2.75) is 24.7 Å². The molecule has 0 aliphatic carbocycles. The Hall–Kier alpha value is -4.33. The average Bonchev–Trinajstić information content (AvgIpc) is 3.15. The second-order valence-electron chi connectivity index (χ2n) is 8.37. The number of carbonyl (C=O) groups excluding carboxylic acids is 1. The molecule has 1 aliphatic heterocycles. The number of carbonyl (C=O) groups is 1. The van der Waals surface area contributed by atoms with Crippen LogP contribution in [0.3, 0.4) is 0 Å². The molecule has 9 heteroatoms. The van der Waals surface area contributed by atoms with Crippen LogP contribution in [0.2, 0.25) is 0 Å². The number of rotatable bonds is 9. The van der Waals surface area contributed by atoms with E-state index < -0.39 is 11.6 Å². The molecule has 2 atom stereocenters. The van der Waals surface area contributed by atoms with Crippen LogP contribution in [0.15, 0.2) is 89.0 Å². The summed E-state index contributed by atoms with van der Waals surface area (Å²) in [6.45, 7) is 0.455. The van der Waals surface area contributed by atoms with E-state index in [0.29, 0.717) is 18.1 Å². The fourth-order valence-electron chi connectivity index (χ4n) is 4.33. The largest absolute Gasteiger partial charge is 0.497 e. The van der Waals surface area contributed by atoms with Crippen molar-refractivity contribution in [3.8, 4) is 11.5 Å². The Morgan fingerprint density at radius 3 is 2.25 bits per heavy atom. The molecule has 4 rings (SSSR count). The molecule has 3 aromatic rings. The van der Waals surface area contributed by atoms with Crippen molar-refractivity contribution >= 4 is 11.9 Å². The van der Waals surface area contributed by atoms with Crippen LogP contribution in [0.1, 0.15) is 22.8 Å². The molecule has 0 saturated carbocycles. The number of guanidine groups is 1. The number of benzene rings is 3. The Bertz CT molecular complexity index is 1270. The Kier molecular flexibility index (Phi) is 7.53. The summed E-state index contributed by atoms with van der Waals surface area (Å²) in [5, 5.41) is 3.64. The third-order valence-corrected chi connectivity index (χ3v) is 6.14. The topological polar surface area (TPSA) is 109 Å². The smallest absolute Gasteiger partial charge is 0.259 e. The summed E-state index contributed by atoms with van der Waals surface area (Å²) >= 11 is 0. The summed E-state index contributed by atoms with van der Waals surface area (Å²) in [6.07, 6.45) is -0.511. The summed E-state index contributed by atoms with van der Waals surface area (Å²) in [5.74, 6) is 1.07. The van der Waals surface area contributed by atoms with Crippen LogP contribution >= 0.6 is 0 Å². The van der Waals surface area contributed by atoms with Crippen LogP contribution < -0.4 is 9.47 Å². The minimum Gasteiger partial charge on any atom is -0.497 e. The molecule has 1 amide bonds. The number of methoxy groups -OCH3 is 2. The summed E-state index contributed by atoms with van der Waals surface area (Å²) in [7, 11) is 4.66. The molecule has 0 saturated heterocycles. The molecule has 0 fully saturated rings. The highest BCUT2D eigenvalue weighted by atomic mass is 16.5. The molecule has 1 heterocycles. The third-order valence-electron chi connectivity index (χ3n) is 6.14. The highest BCUT2D eigenvalue weighted by molar-refractivity contribution is 6.08. The fraction of sp³-hybridized carbons (Fsp3) is 0.259. The molecule has 184 valence electrons. The number of ether oxygens (including phenoxy) is 3. The van der Waals surface area contributed by atoms with Crippen molar-refractivity contribution in [3.05, 3.63) is 106 Å². The highest BCUT2D eigenvalue weighted by Gasteiger charge is 2.53. The van der Waals surface area contributed by atoms with Gasteiger partial charge < -0.3 is 14.2 Å². The Morgan fingerprint density at radius 1 is 0.972 bits per heavy atom. The number of hydrogen-bond acceptors (Lipinski definition) is 6. The Labute approximate surface area is 209 Å². The van der Waals surface area contributed by atoms with Gasteiger partial charge in [-0.25, -0.2) is 4.99 Å². The van der Waals surface area contributed by atoms with E-state index >= 15 is 0 Å². The first-order chi connectivity index (χ1) is 17.5. The molecule has 0 N–H and O–H groups in total. The number of azide groups is 1. The van der Waals surface area contributed by atoms with Crippen molar-refractivity contribution in [1.82, 2.24) is 4.90 Å². The van der Waals surface area contributed by atoms with Gasteiger partial charge in [-0.15, -0.1) is 0 Å². The maximum atomic E-state index is 13.6. The lowest BCUT2D eigenvalue weighted by Gasteiger charge is -2.33. The van der Waals surface area contributed by atoms with Gasteiger partial charge in [0, 0.05) is 25.5 Å². The standard InChI is InChI=1S/C27H27N5O4/c1-32-25(33)27(29-26(32)30-31-28,24(35-3)21-11-15-22(34-2)16-12-21)17-19-9-13-23(14-10-19)36-18-20-7-5-4-6-8-20/h4-16,24H,17-18H2,1-3H3/t24-,27+/m0/s1. The fourth-order valence-corrected chi connectivity index (χ4v) is 4.33. The van der Waals surface area contributed by atoms with Gasteiger partial charge in [0.05, 0.1) is 7.11 Å². The van der Waals surface area contributed by atoms with Gasteiger partial charge in [-0.2, -0.15) is 0 Å². The minimum atomic E-state index is -1.37. The van der Waals surface area contributed by atoms with Crippen molar-refractivity contribution in [2.75, 3.05) is 21.3 Å². The van der Waals surface area contributed by atoms with Gasteiger partial charge in [-0.3, -0.25) is 9.69 Å². The van der Waals surface area contributed by atoms with Crippen molar-refractivity contribution in [2.24, 2.45) is 10.1 Å². The van der Waals surface area contributed by atoms with E-state index in [1.807, 2.05) is 66.7 Å². The maximum absolute atomic E-state index is 13.6. The van der Waals surface area contributed by atoms with Crippen LogP contribution in [0.25, 0.3) is 10.4 Å². The van der Waals surface area contributed by atoms with Crippen LogP contribution in [-0.4, -0.2) is 43.6 Å². The van der Waals surface area contributed by atoms with Crippen LogP contribution in [0.5, 0.6) is 11.5 Å². The van der Waals surface area contributed by atoms with Crippen molar-refractivity contribution < 1.29 is 19.0 Å². The summed E-state index contributed by atoms with van der Waals surface area (Å²) in [4.78, 5) is 22.4. The number of aliphatic imine (C=N–C) groups is 1. The van der Waals surface area contributed by atoms with E-state index in [1.165, 1.54) is 12.0 Å². The van der Waals surface area contributed by atoms with E-state index in [9.17, 15) is 4.79 Å². The normalized spacial score (nSPS) is 17.8. The molecule has 0 unspecified atom stereocenters. The summed E-state index contributed by atoms with van der Waals surface area (Å²) in [5.41, 5.74) is 10.3. The van der Waals surface area contributed by atoms with Gasteiger partial charge >= 0.3 is 0 Å². The van der Waals surface area contributed by atoms with Crippen molar-refractivity contribution in [3.63, 3.8) is 0 Å². The lowest BCUT2D eigenvalue weighted by atomic mass is 9.82. The first-order valence-corrected chi connectivity index (χ1v) is 11.4. The number of likely N-dealkylation sites (N-methyl/N-ethyl adjacent to an activating group) is 1. The van der Waals surface area contributed by atoms with E-state index in [2.05, 4.69) is 15.0 Å². The monoisotopic (exact) mass is 485 g/mol. The molecule has 9 nitrogen and oxygen atoms in total. The highest BCUT2D eigenvalue weighted by Crippen LogP contribution is 2.41. The van der Waals surface area contributed by atoms with Gasteiger partial charge in [0.2, 0.25) is 0 Å². The number of hydrogen-bond donors (Lipinski definition) is 0. The molecule has 0 aromatic heterocycles. The quantitative estimate of drug-likeness (QED) is 0.239. The van der Waals surface area contributed by atoms with Gasteiger partial charge in [-0.1, -0.05) is 54.6 Å². The zero-order valence-electron chi connectivity index (χ0n) is 20.4. The van der Waals surface area contributed by atoms with Crippen LogP contribution in [0, 0.1) is 0 Å². The van der Waals surface area contributed by atoms with E-state index in [4.69, 9.17) is 19.7 Å². The second-order valence-corrected chi connectivity index (χ2v) is 8.37. The SMILES string of the molecule is COc1ccc([C@H](OC)[C@@]2(Cc3ccc(OCc4ccccc4)cc3)N=C(N=[N+]=[N-])N(C)C2=O)cc1. The van der Waals surface area contributed by atoms with E-state index in [-0.39, 0.29) is 18.3 Å². The number of nitrogens with zero attached hydrogens (tertiary/aromatic N) is 5. The predicted molar refractivity (Wildman–Crippen MR) is 136 cm³/mol. The third kappa shape index (κ3) is 5.02. The van der Waals surface area contributed by atoms with Crippen LogP contribution in [0.4, 0.5) is 0 Å². The molecule has 0 radical (unpaired) electrons. The summed E-state index contributed by atoms with van der Waals surface area (Å²) in [6, 6.07) is 24.7. The maximum Gasteiger partial charge on any atom is 0.259 e. The number of amides is 1. The van der Waals surface area contributed by atoms with Crippen LogP contribution in [-0.2, 0) is 22.6 Å². The van der Waals surface area contributed by atoms with Gasteiger partial charge in [0.15, 0.2) is 11.5 Å². The molecular formula is C27H27N5O4. The first kappa shape index (κ1) is 24.8. The van der Waals surface area contributed by atoms with Gasteiger partial charge in [0.1, 0.15) is 24.2 Å². The first-order valence-electron chi connectivity index (χ1n) is 11.4. The average molecular weight is 486 g/mol. The summed E-state index contributed by atoms with van der Waals surface area (Å²) < 4.78 is 17.0. The molecule has 3 aromatic carbocycles. The predicted octanol–water partition coefficient (Wildman–Crippen LogP) is 5.08. The molecule has 0 spiro atoms. The molecule has 36 heavy (non-hydrogen) atoms. The zero-order valence-corrected chi connectivity index (χ0v) is 20.4. The molecule has 1 aliphatic rings. The van der Waals surface area contributed by atoms with Gasteiger partial charge in [-0.05, 0) is 51.6 Å².